The van der Waals surface area contributed by atoms with Crippen LogP contribution in [0.3, 0.4) is 0 Å². The van der Waals surface area contributed by atoms with Crippen LogP contribution in [0.1, 0.15) is 38.2 Å². The van der Waals surface area contributed by atoms with Crippen molar-refractivity contribution in [2.75, 3.05) is 0 Å². The van der Waals surface area contributed by atoms with Gasteiger partial charge in [0, 0.05) is 23.4 Å². The number of ketones is 1. The Bertz CT molecular complexity index is 813. The summed E-state index contributed by atoms with van der Waals surface area (Å²) in [6.07, 6.45) is 12.8. The third-order valence-corrected chi connectivity index (χ3v) is 5.32. The van der Waals surface area contributed by atoms with Crippen LogP contribution in [0.25, 0.3) is 0 Å². The molecule has 120 valence electrons. The van der Waals surface area contributed by atoms with Crippen molar-refractivity contribution in [3.8, 4) is 11.8 Å². The first-order chi connectivity index (χ1) is 11.7. The van der Waals surface area contributed by atoms with Gasteiger partial charge in [-0.3, -0.25) is 4.79 Å². The number of benzene rings is 1. The average molecular weight is 315 g/mol. The van der Waals surface area contributed by atoms with Crippen molar-refractivity contribution >= 4 is 5.78 Å². The molecule has 4 rings (SSSR count). The molecule has 1 fully saturated rings. The van der Waals surface area contributed by atoms with Gasteiger partial charge in [0.1, 0.15) is 5.54 Å². The summed E-state index contributed by atoms with van der Waals surface area (Å²) in [5, 5.41) is 0. The zero-order valence-corrected chi connectivity index (χ0v) is 14.0. The number of allylic oxidation sites excluding steroid dienone is 3. The standard InChI is InChI=1S/C22H21NO/c1-22-15-7-8-16-23(22)20(18-11-5-6-12-18)19(21(22)24)14-13-17-9-3-2-4-10-17/h2-4,7-10,15-16,18H,5-6,11-12H2,1H3. The molecule has 1 aliphatic carbocycles. The number of hydrogen-bond acceptors (Lipinski definition) is 2. The lowest BCUT2D eigenvalue weighted by atomic mass is 9.92. The molecule has 1 aromatic carbocycles. The van der Waals surface area contributed by atoms with Crippen molar-refractivity contribution < 1.29 is 4.79 Å². The summed E-state index contributed by atoms with van der Waals surface area (Å²) in [4.78, 5) is 15.3. The quantitative estimate of drug-likeness (QED) is 0.724. The second kappa shape index (κ2) is 5.83. The van der Waals surface area contributed by atoms with Crippen molar-refractivity contribution in [3.63, 3.8) is 0 Å². The molecule has 2 heteroatoms. The number of Topliss-reactive ketones (excluding diaryl/α,β-unsaturated/α-hetero) is 1. The van der Waals surface area contributed by atoms with Crippen LogP contribution in [0.4, 0.5) is 0 Å². The van der Waals surface area contributed by atoms with Crippen molar-refractivity contribution in [2.45, 2.75) is 38.1 Å². The van der Waals surface area contributed by atoms with E-state index in [-0.39, 0.29) is 5.78 Å². The van der Waals surface area contributed by atoms with E-state index < -0.39 is 5.54 Å². The third-order valence-electron chi connectivity index (χ3n) is 5.32. The summed E-state index contributed by atoms with van der Waals surface area (Å²) in [5.41, 5.74) is 2.20. The largest absolute Gasteiger partial charge is 0.333 e. The SMILES string of the molecule is CC12C=CC=CN1C(C1CCCC1)=C(C#Cc1ccccc1)C2=O. The average Bonchev–Trinajstić information content (AvgIpc) is 3.20. The van der Waals surface area contributed by atoms with Gasteiger partial charge in [0.2, 0.25) is 5.78 Å². The maximum Gasteiger partial charge on any atom is 0.202 e. The lowest BCUT2D eigenvalue weighted by molar-refractivity contribution is -0.119. The number of carbonyl (C=O) groups excluding carboxylic acids is 1. The predicted octanol–water partition coefficient (Wildman–Crippen LogP) is 4.21. The van der Waals surface area contributed by atoms with E-state index in [0.717, 1.165) is 24.1 Å². The Hall–Kier alpha value is -2.53. The first-order valence-electron chi connectivity index (χ1n) is 8.71. The summed E-state index contributed by atoms with van der Waals surface area (Å²) in [6, 6.07) is 9.89. The van der Waals surface area contributed by atoms with Crippen LogP contribution in [0, 0.1) is 17.8 Å². The van der Waals surface area contributed by atoms with E-state index in [1.165, 1.54) is 12.8 Å². The lowest BCUT2D eigenvalue weighted by Gasteiger charge is -2.35. The molecule has 0 amide bonds. The molecule has 2 heterocycles. The maximum absolute atomic E-state index is 13.2. The molecule has 1 atom stereocenters. The zero-order valence-electron chi connectivity index (χ0n) is 14.0. The van der Waals surface area contributed by atoms with Gasteiger partial charge >= 0.3 is 0 Å². The van der Waals surface area contributed by atoms with Crippen molar-refractivity contribution in [1.82, 2.24) is 4.90 Å². The molecule has 24 heavy (non-hydrogen) atoms. The molecule has 1 saturated carbocycles. The van der Waals surface area contributed by atoms with E-state index >= 15 is 0 Å². The van der Waals surface area contributed by atoms with Gasteiger partial charge in [0.25, 0.3) is 0 Å². The third kappa shape index (κ3) is 2.32. The molecular formula is C22H21NO. The Morgan fingerprint density at radius 2 is 1.83 bits per heavy atom. The highest BCUT2D eigenvalue weighted by molar-refractivity contribution is 6.11. The van der Waals surface area contributed by atoms with Crippen LogP contribution in [-0.2, 0) is 4.79 Å². The Kier molecular flexibility index (Phi) is 3.65. The maximum atomic E-state index is 13.2. The van der Waals surface area contributed by atoms with Crippen LogP contribution in [-0.4, -0.2) is 16.2 Å². The molecule has 0 saturated heterocycles. The highest BCUT2D eigenvalue weighted by Crippen LogP contribution is 2.45. The lowest BCUT2D eigenvalue weighted by Crippen LogP contribution is -2.44. The number of carbonyl (C=O) groups is 1. The van der Waals surface area contributed by atoms with Crippen LogP contribution in [0.15, 0.2) is 66.0 Å². The Balaban J connectivity index is 1.81. The fourth-order valence-corrected chi connectivity index (χ4v) is 4.00. The fraction of sp³-hybridized carbons (Fsp3) is 0.318. The van der Waals surface area contributed by atoms with E-state index in [2.05, 4.69) is 16.7 Å². The van der Waals surface area contributed by atoms with Gasteiger partial charge in [-0.1, -0.05) is 55.0 Å². The number of fused-ring (bicyclic) bond motifs is 1. The van der Waals surface area contributed by atoms with Crippen molar-refractivity contribution in [2.24, 2.45) is 5.92 Å². The van der Waals surface area contributed by atoms with Crippen LogP contribution in [0.5, 0.6) is 0 Å². The number of hydrogen-bond donors (Lipinski definition) is 0. The minimum atomic E-state index is -0.604. The van der Waals surface area contributed by atoms with Crippen LogP contribution < -0.4 is 0 Å². The van der Waals surface area contributed by atoms with Crippen molar-refractivity contribution in [1.29, 1.82) is 0 Å². The van der Waals surface area contributed by atoms with Gasteiger partial charge < -0.3 is 4.90 Å². The molecule has 0 spiro atoms. The second-order valence-corrected chi connectivity index (χ2v) is 6.90. The summed E-state index contributed by atoms with van der Waals surface area (Å²) in [5.74, 6) is 7.00. The molecule has 3 aliphatic rings. The minimum Gasteiger partial charge on any atom is -0.333 e. The van der Waals surface area contributed by atoms with Gasteiger partial charge in [0.15, 0.2) is 0 Å². The topological polar surface area (TPSA) is 20.3 Å². The Morgan fingerprint density at radius 3 is 2.58 bits per heavy atom. The molecule has 0 N–H and O–H groups in total. The highest BCUT2D eigenvalue weighted by atomic mass is 16.1. The summed E-state index contributed by atoms with van der Waals surface area (Å²) in [6.45, 7) is 2.00. The fourth-order valence-electron chi connectivity index (χ4n) is 4.00. The van der Waals surface area contributed by atoms with Gasteiger partial charge in [-0.2, -0.15) is 0 Å². The van der Waals surface area contributed by atoms with Gasteiger partial charge in [-0.25, -0.2) is 0 Å². The summed E-state index contributed by atoms with van der Waals surface area (Å²) >= 11 is 0. The first kappa shape index (κ1) is 15.0. The second-order valence-electron chi connectivity index (χ2n) is 6.90. The van der Waals surface area contributed by atoms with Gasteiger partial charge in [-0.15, -0.1) is 0 Å². The normalized spacial score (nSPS) is 25.9. The van der Waals surface area contributed by atoms with Crippen molar-refractivity contribution in [3.05, 3.63) is 71.6 Å². The monoisotopic (exact) mass is 315 g/mol. The number of nitrogens with zero attached hydrogens (tertiary/aromatic N) is 1. The summed E-state index contributed by atoms with van der Waals surface area (Å²) in [7, 11) is 0. The predicted molar refractivity (Wildman–Crippen MR) is 95.8 cm³/mol. The van der Waals surface area contributed by atoms with E-state index in [9.17, 15) is 4.79 Å². The Morgan fingerprint density at radius 1 is 1.08 bits per heavy atom. The number of rotatable bonds is 1. The van der Waals surface area contributed by atoms with E-state index in [0.29, 0.717) is 11.5 Å². The van der Waals surface area contributed by atoms with E-state index in [1.54, 1.807) is 0 Å². The molecule has 2 aliphatic heterocycles. The molecule has 1 aromatic rings. The molecule has 1 unspecified atom stereocenters. The van der Waals surface area contributed by atoms with Crippen LogP contribution in [0.2, 0.25) is 0 Å². The molecule has 0 bridgehead atoms. The molecule has 0 aromatic heterocycles. The van der Waals surface area contributed by atoms with Gasteiger partial charge in [0.05, 0.1) is 5.57 Å². The molecule has 0 radical (unpaired) electrons. The Labute approximate surface area is 143 Å². The smallest absolute Gasteiger partial charge is 0.202 e. The summed E-state index contributed by atoms with van der Waals surface area (Å²) < 4.78 is 0. The van der Waals surface area contributed by atoms with E-state index in [1.807, 2.05) is 61.7 Å². The van der Waals surface area contributed by atoms with Gasteiger partial charge in [-0.05, 0) is 38.0 Å². The van der Waals surface area contributed by atoms with E-state index in [4.69, 9.17) is 0 Å². The van der Waals surface area contributed by atoms with Crippen LogP contribution >= 0.6 is 0 Å². The minimum absolute atomic E-state index is 0.133. The molecular weight excluding hydrogens is 294 g/mol. The highest BCUT2D eigenvalue weighted by Gasteiger charge is 2.49. The molecule has 2 nitrogen and oxygen atoms in total. The zero-order chi connectivity index (χ0) is 16.6. The first-order valence-corrected chi connectivity index (χ1v) is 8.71.